The topological polar surface area (TPSA) is 43.8 Å². The Morgan fingerprint density at radius 1 is 1.33 bits per heavy atom. The van der Waals surface area contributed by atoms with Crippen LogP contribution in [-0.2, 0) is 0 Å². The molecule has 0 spiro atoms. The van der Waals surface area contributed by atoms with E-state index < -0.39 is 0 Å². The third-order valence-electron chi connectivity index (χ3n) is 3.10. The van der Waals surface area contributed by atoms with Gasteiger partial charge in [0.1, 0.15) is 0 Å². The maximum absolute atomic E-state index is 12.0. The number of aliphatic hydroxyl groups is 1. The monoisotopic (exact) mass is 214 g/mol. The number of nitrogens with zero attached hydrogens (tertiary/aromatic N) is 2. The first kappa shape index (κ1) is 12.3. The number of likely N-dealkylation sites (N-methyl/N-ethyl adjacent to an activating group) is 1. The summed E-state index contributed by atoms with van der Waals surface area (Å²) in [5.74, 6) is 0. The van der Waals surface area contributed by atoms with Gasteiger partial charge in [-0.1, -0.05) is 12.8 Å². The van der Waals surface area contributed by atoms with Gasteiger partial charge in [-0.05, 0) is 19.8 Å². The summed E-state index contributed by atoms with van der Waals surface area (Å²) >= 11 is 0. The predicted octanol–water partition coefficient (Wildman–Crippen LogP) is 1.29. The summed E-state index contributed by atoms with van der Waals surface area (Å²) in [4.78, 5) is 15.5. The zero-order valence-electron chi connectivity index (χ0n) is 9.78. The minimum absolute atomic E-state index is 0.0239. The first-order valence-electron chi connectivity index (χ1n) is 5.79. The van der Waals surface area contributed by atoms with Gasteiger partial charge in [0.15, 0.2) is 0 Å². The van der Waals surface area contributed by atoms with Crippen LogP contribution in [0.2, 0.25) is 0 Å². The lowest BCUT2D eigenvalue weighted by molar-refractivity contribution is 0.127. The van der Waals surface area contributed by atoms with E-state index in [-0.39, 0.29) is 18.7 Å². The molecular weight excluding hydrogens is 192 g/mol. The van der Waals surface area contributed by atoms with Gasteiger partial charge < -0.3 is 14.9 Å². The van der Waals surface area contributed by atoms with Crippen LogP contribution in [0.4, 0.5) is 4.79 Å². The molecule has 0 bridgehead atoms. The van der Waals surface area contributed by atoms with E-state index in [1.54, 1.807) is 11.9 Å². The minimum Gasteiger partial charge on any atom is -0.394 e. The SMILES string of the molecule is CC(CO)N(C)C(=O)N1CCCCCC1. The molecule has 4 heteroatoms. The lowest BCUT2D eigenvalue weighted by Gasteiger charge is -2.30. The Labute approximate surface area is 91.9 Å². The fourth-order valence-corrected chi connectivity index (χ4v) is 1.80. The van der Waals surface area contributed by atoms with Crippen molar-refractivity contribution < 1.29 is 9.90 Å². The van der Waals surface area contributed by atoms with Gasteiger partial charge in [-0.15, -0.1) is 0 Å². The summed E-state index contributed by atoms with van der Waals surface area (Å²) in [6, 6.07) is -0.0424. The van der Waals surface area contributed by atoms with Crippen molar-refractivity contribution in [2.75, 3.05) is 26.7 Å². The van der Waals surface area contributed by atoms with Crippen LogP contribution in [-0.4, -0.2) is 53.7 Å². The van der Waals surface area contributed by atoms with Crippen molar-refractivity contribution in [3.8, 4) is 0 Å². The van der Waals surface area contributed by atoms with Crippen LogP contribution in [0.25, 0.3) is 0 Å². The first-order valence-corrected chi connectivity index (χ1v) is 5.79. The van der Waals surface area contributed by atoms with E-state index in [1.165, 1.54) is 12.8 Å². The number of likely N-dealkylation sites (tertiary alicyclic amines) is 1. The molecule has 1 rings (SSSR count). The summed E-state index contributed by atoms with van der Waals surface area (Å²) in [6.45, 7) is 3.61. The van der Waals surface area contributed by atoms with Crippen molar-refractivity contribution >= 4 is 6.03 Å². The smallest absolute Gasteiger partial charge is 0.320 e. The fourth-order valence-electron chi connectivity index (χ4n) is 1.80. The molecule has 0 saturated carbocycles. The Kier molecular flexibility index (Phi) is 4.88. The van der Waals surface area contributed by atoms with Gasteiger partial charge in [-0.25, -0.2) is 4.79 Å². The molecule has 0 aromatic carbocycles. The summed E-state index contributed by atoms with van der Waals surface area (Å²) in [6.07, 6.45) is 4.66. The molecule has 1 unspecified atom stereocenters. The van der Waals surface area contributed by atoms with Crippen LogP contribution < -0.4 is 0 Å². The van der Waals surface area contributed by atoms with Crippen LogP contribution in [0.15, 0.2) is 0 Å². The zero-order chi connectivity index (χ0) is 11.3. The molecule has 1 fully saturated rings. The van der Waals surface area contributed by atoms with Gasteiger partial charge in [0, 0.05) is 20.1 Å². The highest BCUT2D eigenvalue weighted by molar-refractivity contribution is 5.74. The molecule has 88 valence electrons. The first-order chi connectivity index (χ1) is 7.16. The van der Waals surface area contributed by atoms with Crippen molar-refractivity contribution in [1.82, 2.24) is 9.80 Å². The van der Waals surface area contributed by atoms with Crippen LogP contribution in [0.1, 0.15) is 32.6 Å². The Balaban J connectivity index is 2.49. The van der Waals surface area contributed by atoms with E-state index in [0.717, 1.165) is 25.9 Å². The van der Waals surface area contributed by atoms with E-state index in [4.69, 9.17) is 5.11 Å². The summed E-state index contributed by atoms with van der Waals surface area (Å²) in [5.41, 5.74) is 0. The summed E-state index contributed by atoms with van der Waals surface area (Å²) in [5, 5.41) is 9.00. The number of aliphatic hydroxyl groups excluding tert-OH is 1. The normalized spacial score (nSPS) is 19.5. The van der Waals surface area contributed by atoms with Crippen molar-refractivity contribution in [2.45, 2.75) is 38.6 Å². The third-order valence-corrected chi connectivity index (χ3v) is 3.10. The lowest BCUT2D eigenvalue weighted by atomic mass is 10.2. The molecule has 4 nitrogen and oxygen atoms in total. The highest BCUT2D eigenvalue weighted by atomic mass is 16.3. The molecule has 1 heterocycles. The molecule has 1 atom stereocenters. The predicted molar refractivity (Wildman–Crippen MR) is 59.7 cm³/mol. The largest absolute Gasteiger partial charge is 0.394 e. The van der Waals surface area contributed by atoms with Gasteiger partial charge in [0.2, 0.25) is 0 Å². The Morgan fingerprint density at radius 2 is 1.87 bits per heavy atom. The number of amides is 2. The van der Waals surface area contributed by atoms with Gasteiger partial charge in [-0.3, -0.25) is 0 Å². The number of carbonyl (C=O) groups excluding carboxylic acids is 1. The Hall–Kier alpha value is -0.770. The van der Waals surface area contributed by atoms with Gasteiger partial charge in [-0.2, -0.15) is 0 Å². The maximum atomic E-state index is 12.0. The second-order valence-corrected chi connectivity index (χ2v) is 4.33. The summed E-state index contributed by atoms with van der Waals surface area (Å²) < 4.78 is 0. The molecule has 1 aliphatic rings. The average Bonchev–Trinajstić information content (AvgIpc) is 2.54. The van der Waals surface area contributed by atoms with Crippen LogP contribution in [0.5, 0.6) is 0 Å². The van der Waals surface area contributed by atoms with E-state index in [1.807, 2.05) is 11.8 Å². The molecule has 0 aliphatic carbocycles. The van der Waals surface area contributed by atoms with Crippen LogP contribution >= 0.6 is 0 Å². The zero-order valence-corrected chi connectivity index (χ0v) is 9.78. The second kappa shape index (κ2) is 5.95. The number of urea groups is 1. The highest BCUT2D eigenvalue weighted by Crippen LogP contribution is 2.12. The molecule has 0 radical (unpaired) electrons. The van der Waals surface area contributed by atoms with Crippen molar-refractivity contribution in [3.63, 3.8) is 0 Å². The van der Waals surface area contributed by atoms with Crippen molar-refractivity contribution in [3.05, 3.63) is 0 Å². The lowest BCUT2D eigenvalue weighted by Crippen LogP contribution is -2.46. The van der Waals surface area contributed by atoms with Crippen LogP contribution in [0.3, 0.4) is 0 Å². The average molecular weight is 214 g/mol. The number of carbonyl (C=O) groups is 1. The number of hydrogen-bond donors (Lipinski definition) is 1. The molecule has 1 N–H and O–H groups in total. The minimum atomic E-state index is -0.0965. The van der Waals surface area contributed by atoms with E-state index in [2.05, 4.69) is 0 Å². The Bertz CT molecular complexity index is 201. The van der Waals surface area contributed by atoms with Gasteiger partial charge in [0.05, 0.1) is 12.6 Å². The number of hydrogen-bond acceptors (Lipinski definition) is 2. The van der Waals surface area contributed by atoms with Gasteiger partial charge >= 0.3 is 6.03 Å². The summed E-state index contributed by atoms with van der Waals surface area (Å²) in [7, 11) is 1.76. The molecular formula is C11H22N2O2. The molecule has 2 amide bonds. The molecule has 1 saturated heterocycles. The third kappa shape index (κ3) is 3.38. The van der Waals surface area contributed by atoms with E-state index in [9.17, 15) is 4.79 Å². The van der Waals surface area contributed by atoms with Crippen molar-refractivity contribution in [2.24, 2.45) is 0 Å². The maximum Gasteiger partial charge on any atom is 0.320 e. The molecule has 15 heavy (non-hydrogen) atoms. The van der Waals surface area contributed by atoms with Crippen LogP contribution in [0, 0.1) is 0 Å². The molecule has 0 aromatic rings. The van der Waals surface area contributed by atoms with E-state index >= 15 is 0 Å². The van der Waals surface area contributed by atoms with Crippen molar-refractivity contribution in [1.29, 1.82) is 0 Å². The Morgan fingerprint density at radius 3 is 2.33 bits per heavy atom. The molecule has 1 aliphatic heterocycles. The highest BCUT2D eigenvalue weighted by Gasteiger charge is 2.21. The standard InChI is InChI=1S/C11H22N2O2/c1-10(9-14)12(2)11(15)13-7-5-3-4-6-8-13/h10,14H,3-9H2,1-2H3. The quantitative estimate of drug-likeness (QED) is 0.753. The fraction of sp³-hybridized carbons (Fsp3) is 0.909. The van der Waals surface area contributed by atoms with E-state index in [0.29, 0.717) is 0 Å². The van der Waals surface area contributed by atoms with Gasteiger partial charge in [0.25, 0.3) is 0 Å². The molecule has 0 aromatic heterocycles. The number of rotatable bonds is 2. The second-order valence-electron chi connectivity index (χ2n) is 4.33.